The molecule has 116 valence electrons. The summed E-state index contributed by atoms with van der Waals surface area (Å²) in [6, 6.07) is 0. The number of likely N-dealkylation sites (tertiary alicyclic amines) is 1. The van der Waals surface area contributed by atoms with E-state index in [0.717, 1.165) is 45.2 Å². The summed E-state index contributed by atoms with van der Waals surface area (Å²) in [6.07, 6.45) is 3.06. The summed E-state index contributed by atoms with van der Waals surface area (Å²) in [5.74, 6) is 0.935. The average Bonchev–Trinajstić information content (AvgIpc) is 3.06. The van der Waals surface area contributed by atoms with Crippen molar-refractivity contribution in [3.63, 3.8) is 0 Å². The second-order valence-electron chi connectivity index (χ2n) is 6.49. The summed E-state index contributed by atoms with van der Waals surface area (Å²) < 4.78 is 5.57. The maximum Gasteiger partial charge on any atom is 0.194 e. The van der Waals surface area contributed by atoms with Crippen molar-refractivity contribution >= 4 is 5.96 Å². The summed E-state index contributed by atoms with van der Waals surface area (Å²) >= 11 is 0. The van der Waals surface area contributed by atoms with Crippen LogP contribution in [0.4, 0.5) is 0 Å². The Morgan fingerprint density at radius 3 is 2.85 bits per heavy atom. The van der Waals surface area contributed by atoms with Gasteiger partial charge in [0, 0.05) is 31.7 Å². The molecule has 2 rings (SSSR count). The third-order valence-electron chi connectivity index (χ3n) is 4.59. The number of nitrogens with zero attached hydrogens (tertiary/aromatic N) is 2. The van der Waals surface area contributed by atoms with Gasteiger partial charge in [-0.2, -0.15) is 0 Å². The van der Waals surface area contributed by atoms with Crippen LogP contribution in [-0.2, 0) is 4.74 Å². The molecule has 1 spiro atoms. The molecule has 5 nitrogen and oxygen atoms in total. The highest BCUT2D eigenvalue weighted by Gasteiger charge is 2.42. The summed E-state index contributed by atoms with van der Waals surface area (Å²) in [4.78, 5) is 6.96. The minimum atomic E-state index is -0.714. The van der Waals surface area contributed by atoms with E-state index in [-0.39, 0.29) is 0 Å². The van der Waals surface area contributed by atoms with Crippen LogP contribution in [0, 0.1) is 5.41 Å². The lowest BCUT2D eigenvalue weighted by atomic mass is 9.87. The molecular weight excluding hydrogens is 254 g/mol. The zero-order valence-corrected chi connectivity index (χ0v) is 13.1. The van der Waals surface area contributed by atoms with Crippen LogP contribution in [0.2, 0.25) is 0 Å². The summed E-state index contributed by atoms with van der Waals surface area (Å²) in [6.45, 7) is 11.1. The third-order valence-corrected chi connectivity index (χ3v) is 4.59. The van der Waals surface area contributed by atoms with Crippen molar-refractivity contribution in [3.8, 4) is 0 Å². The first kappa shape index (κ1) is 15.6. The van der Waals surface area contributed by atoms with Crippen LogP contribution in [-0.4, -0.2) is 61.0 Å². The van der Waals surface area contributed by atoms with E-state index in [1.54, 1.807) is 0 Å². The SMILES string of the molecule is CCNC(=NCC(C)(O)CC)N1CCC2(CCOC2)C1. The third kappa shape index (κ3) is 3.64. The molecule has 2 atom stereocenters. The normalized spacial score (nSPS) is 30.0. The van der Waals surface area contributed by atoms with Gasteiger partial charge in [0.2, 0.25) is 0 Å². The number of ether oxygens (including phenoxy) is 1. The molecule has 2 heterocycles. The Balaban J connectivity index is 2.00. The zero-order valence-electron chi connectivity index (χ0n) is 13.1. The maximum atomic E-state index is 10.1. The van der Waals surface area contributed by atoms with Gasteiger partial charge in [0.05, 0.1) is 18.8 Å². The molecule has 0 saturated carbocycles. The summed E-state index contributed by atoms with van der Waals surface area (Å²) in [7, 11) is 0. The van der Waals surface area contributed by atoms with Crippen LogP contribution in [0.15, 0.2) is 4.99 Å². The monoisotopic (exact) mass is 283 g/mol. The average molecular weight is 283 g/mol. The van der Waals surface area contributed by atoms with Crippen molar-refractivity contribution in [2.24, 2.45) is 10.4 Å². The van der Waals surface area contributed by atoms with Crippen LogP contribution in [0.25, 0.3) is 0 Å². The Kier molecular flexibility index (Phi) is 4.91. The van der Waals surface area contributed by atoms with Crippen molar-refractivity contribution in [1.29, 1.82) is 0 Å². The first-order valence-corrected chi connectivity index (χ1v) is 7.84. The van der Waals surface area contributed by atoms with Gasteiger partial charge in [0.15, 0.2) is 5.96 Å². The second kappa shape index (κ2) is 6.31. The van der Waals surface area contributed by atoms with Crippen molar-refractivity contribution in [2.75, 3.05) is 39.4 Å². The number of nitrogens with one attached hydrogen (secondary N) is 1. The minimum absolute atomic E-state index is 0.337. The minimum Gasteiger partial charge on any atom is -0.388 e. The molecule has 2 aliphatic heterocycles. The first-order chi connectivity index (χ1) is 9.50. The van der Waals surface area contributed by atoms with Crippen molar-refractivity contribution < 1.29 is 9.84 Å². The Labute approximate surface area is 122 Å². The van der Waals surface area contributed by atoms with E-state index >= 15 is 0 Å². The fraction of sp³-hybridized carbons (Fsp3) is 0.933. The highest BCUT2D eigenvalue weighted by molar-refractivity contribution is 5.80. The Hall–Kier alpha value is -0.810. The van der Waals surface area contributed by atoms with Gasteiger partial charge in [0.25, 0.3) is 0 Å². The number of rotatable bonds is 4. The molecule has 0 aromatic heterocycles. The van der Waals surface area contributed by atoms with Crippen LogP contribution >= 0.6 is 0 Å². The van der Waals surface area contributed by atoms with Crippen molar-refractivity contribution in [3.05, 3.63) is 0 Å². The Morgan fingerprint density at radius 2 is 2.25 bits per heavy atom. The van der Waals surface area contributed by atoms with E-state index in [9.17, 15) is 5.11 Å². The molecule has 5 heteroatoms. The van der Waals surface area contributed by atoms with Gasteiger partial charge in [-0.05, 0) is 33.1 Å². The van der Waals surface area contributed by atoms with Crippen LogP contribution < -0.4 is 5.32 Å². The molecule has 0 bridgehead atoms. The topological polar surface area (TPSA) is 57.1 Å². The number of aliphatic hydroxyl groups is 1. The first-order valence-electron chi connectivity index (χ1n) is 7.84. The number of aliphatic imine (C=N–C) groups is 1. The van der Waals surface area contributed by atoms with Crippen molar-refractivity contribution in [1.82, 2.24) is 10.2 Å². The van der Waals surface area contributed by atoms with E-state index in [1.807, 2.05) is 13.8 Å². The van der Waals surface area contributed by atoms with E-state index < -0.39 is 5.60 Å². The number of hydrogen-bond acceptors (Lipinski definition) is 3. The van der Waals surface area contributed by atoms with Gasteiger partial charge in [0.1, 0.15) is 0 Å². The summed E-state index contributed by atoms with van der Waals surface area (Å²) in [5, 5.41) is 13.5. The molecule has 0 aromatic rings. The molecule has 2 fully saturated rings. The van der Waals surface area contributed by atoms with E-state index in [2.05, 4.69) is 22.1 Å². The van der Waals surface area contributed by atoms with Gasteiger partial charge >= 0.3 is 0 Å². The van der Waals surface area contributed by atoms with Gasteiger partial charge < -0.3 is 20.1 Å². The maximum absolute atomic E-state index is 10.1. The Bertz CT molecular complexity index is 349. The van der Waals surface area contributed by atoms with Gasteiger partial charge in [-0.25, -0.2) is 0 Å². The number of guanidine groups is 1. The largest absolute Gasteiger partial charge is 0.388 e. The highest BCUT2D eigenvalue weighted by atomic mass is 16.5. The van der Waals surface area contributed by atoms with E-state index in [1.165, 1.54) is 6.42 Å². The standard InChI is InChI=1S/C15H29N3O2/c1-4-14(3,19)10-17-13(16-5-2)18-8-6-15(11-18)7-9-20-12-15/h19H,4-12H2,1-3H3,(H,16,17). The van der Waals surface area contributed by atoms with Crippen LogP contribution in [0.1, 0.15) is 40.0 Å². The fourth-order valence-corrected chi connectivity index (χ4v) is 2.87. The lowest BCUT2D eigenvalue weighted by Gasteiger charge is -2.26. The van der Waals surface area contributed by atoms with Gasteiger partial charge in [-0.15, -0.1) is 0 Å². The lowest BCUT2D eigenvalue weighted by Crippen LogP contribution is -2.42. The van der Waals surface area contributed by atoms with Crippen LogP contribution in [0.5, 0.6) is 0 Å². The van der Waals surface area contributed by atoms with Crippen molar-refractivity contribution in [2.45, 2.75) is 45.6 Å². The molecule has 20 heavy (non-hydrogen) atoms. The Morgan fingerprint density at radius 1 is 1.45 bits per heavy atom. The number of hydrogen-bond donors (Lipinski definition) is 2. The molecule has 2 saturated heterocycles. The summed E-state index contributed by atoms with van der Waals surface area (Å²) in [5.41, 5.74) is -0.377. The molecule has 0 aromatic carbocycles. The van der Waals surface area contributed by atoms with E-state index in [0.29, 0.717) is 18.4 Å². The molecule has 2 unspecified atom stereocenters. The smallest absolute Gasteiger partial charge is 0.194 e. The quantitative estimate of drug-likeness (QED) is 0.602. The molecule has 2 N–H and O–H groups in total. The molecule has 0 amide bonds. The molecule has 0 radical (unpaired) electrons. The van der Waals surface area contributed by atoms with E-state index in [4.69, 9.17) is 4.74 Å². The molecule has 2 aliphatic rings. The lowest BCUT2D eigenvalue weighted by molar-refractivity contribution is 0.0654. The molecule has 0 aliphatic carbocycles. The highest BCUT2D eigenvalue weighted by Crippen LogP contribution is 2.38. The van der Waals surface area contributed by atoms with Gasteiger partial charge in [-0.3, -0.25) is 4.99 Å². The predicted octanol–water partition coefficient (Wildman–Crippen LogP) is 1.23. The predicted molar refractivity (Wildman–Crippen MR) is 81.0 cm³/mol. The zero-order chi connectivity index (χ0) is 14.6. The fourth-order valence-electron chi connectivity index (χ4n) is 2.87. The molecular formula is C15H29N3O2. The van der Waals surface area contributed by atoms with Crippen LogP contribution in [0.3, 0.4) is 0 Å². The second-order valence-corrected chi connectivity index (χ2v) is 6.49. The van der Waals surface area contributed by atoms with Gasteiger partial charge in [-0.1, -0.05) is 6.92 Å².